The van der Waals surface area contributed by atoms with Crippen LogP contribution >= 0.6 is 0 Å². The third-order valence-corrected chi connectivity index (χ3v) is 3.39. The standard InChI is InChI=1S/C15H15FN2O4/c1-8-12(14(20)22-3)13(10-6-4-5-7-11(10)16)18(9(2)19)15(21)17-8/h4-7,13H,1-3H3,(H,17,21). The van der Waals surface area contributed by atoms with Gasteiger partial charge in [0.25, 0.3) is 0 Å². The molecule has 2 rings (SSSR count). The van der Waals surface area contributed by atoms with Gasteiger partial charge in [0.05, 0.1) is 12.7 Å². The fraction of sp³-hybridized carbons (Fsp3) is 0.267. The van der Waals surface area contributed by atoms with E-state index in [1.165, 1.54) is 39.2 Å². The zero-order valence-electron chi connectivity index (χ0n) is 12.3. The highest BCUT2D eigenvalue weighted by Gasteiger charge is 2.41. The topological polar surface area (TPSA) is 75.7 Å². The Kier molecular flexibility index (Phi) is 4.25. The number of carbonyl (C=O) groups is 3. The lowest BCUT2D eigenvalue weighted by Gasteiger charge is -2.35. The molecule has 1 N–H and O–H groups in total. The van der Waals surface area contributed by atoms with E-state index in [1.807, 2.05) is 0 Å². The summed E-state index contributed by atoms with van der Waals surface area (Å²) in [5.74, 6) is -1.97. The second-order valence-corrected chi connectivity index (χ2v) is 4.77. The zero-order chi connectivity index (χ0) is 16.4. The second-order valence-electron chi connectivity index (χ2n) is 4.77. The molecule has 1 aromatic carbocycles. The summed E-state index contributed by atoms with van der Waals surface area (Å²) < 4.78 is 18.9. The maximum Gasteiger partial charge on any atom is 0.337 e. The molecule has 116 valence electrons. The molecule has 3 amide bonds. The van der Waals surface area contributed by atoms with Gasteiger partial charge in [0.1, 0.15) is 11.9 Å². The van der Waals surface area contributed by atoms with Gasteiger partial charge in [-0.2, -0.15) is 0 Å². The quantitative estimate of drug-likeness (QED) is 0.847. The van der Waals surface area contributed by atoms with Gasteiger partial charge in [-0.25, -0.2) is 14.0 Å². The number of nitrogens with one attached hydrogen (secondary N) is 1. The summed E-state index contributed by atoms with van der Waals surface area (Å²) in [7, 11) is 1.18. The molecule has 1 atom stereocenters. The minimum Gasteiger partial charge on any atom is -0.466 e. The Labute approximate surface area is 126 Å². The van der Waals surface area contributed by atoms with Crippen molar-refractivity contribution in [1.29, 1.82) is 0 Å². The van der Waals surface area contributed by atoms with Crippen LogP contribution in [0.4, 0.5) is 9.18 Å². The first-order valence-electron chi connectivity index (χ1n) is 6.52. The van der Waals surface area contributed by atoms with Gasteiger partial charge in [0, 0.05) is 18.2 Å². The maximum absolute atomic E-state index is 14.2. The van der Waals surface area contributed by atoms with Crippen molar-refractivity contribution < 1.29 is 23.5 Å². The number of rotatable bonds is 2. The molecule has 0 fully saturated rings. The fourth-order valence-corrected chi connectivity index (χ4v) is 2.43. The van der Waals surface area contributed by atoms with Gasteiger partial charge in [-0.15, -0.1) is 0 Å². The molecule has 22 heavy (non-hydrogen) atoms. The van der Waals surface area contributed by atoms with E-state index < -0.39 is 29.8 Å². The van der Waals surface area contributed by atoms with Crippen LogP contribution in [0.1, 0.15) is 25.5 Å². The second kappa shape index (κ2) is 5.97. The Hall–Kier alpha value is -2.70. The monoisotopic (exact) mass is 306 g/mol. The Morgan fingerprint density at radius 3 is 2.50 bits per heavy atom. The number of carbonyl (C=O) groups excluding carboxylic acids is 3. The van der Waals surface area contributed by atoms with Gasteiger partial charge < -0.3 is 10.1 Å². The Balaban J connectivity index is 2.71. The molecule has 0 aliphatic carbocycles. The number of halogens is 1. The normalized spacial score (nSPS) is 18.1. The molecule has 0 spiro atoms. The third-order valence-electron chi connectivity index (χ3n) is 3.39. The van der Waals surface area contributed by atoms with E-state index in [0.29, 0.717) is 0 Å². The molecule has 1 heterocycles. The molecule has 6 nitrogen and oxygen atoms in total. The minimum atomic E-state index is -1.17. The molecule has 0 aromatic heterocycles. The molecule has 1 aromatic rings. The largest absolute Gasteiger partial charge is 0.466 e. The highest BCUT2D eigenvalue weighted by atomic mass is 19.1. The van der Waals surface area contributed by atoms with E-state index >= 15 is 0 Å². The molecular weight excluding hydrogens is 291 g/mol. The number of hydrogen-bond donors (Lipinski definition) is 1. The number of amides is 3. The SMILES string of the molecule is COC(=O)C1=C(C)NC(=O)N(C(C)=O)C1c1ccccc1F. The van der Waals surface area contributed by atoms with Crippen LogP contribution in [0.5, 0.6) is 0 Å². The number of ether oxygens (including phenoxy) is 1. The van der Waals surface area contributed by atoms with Crippen LogP contribution in [0.25, 0.3) is 0 Å². The molecule has 1 unspecified atom stereocenters. The average molecular weight is 306 g/mol. The number of esters is 1. The van der Waals surface area contributed by atoms with Crippen molar-refractivity contribution in [1.82, 2.24) is 10.2 Å². The molecule has 0 saturated carbocycles. The highest BCUT2D eigenvalue weighted by Crippen LogP contribution is 2.35. The molecule has 0 saturated heterocycles. The third kappa shape index (κ3) is 2.57. The van der Waals surface area contributed by atoms with Crippen molar-refractivity contribution in [3.05, 3.63) is 46.9 Å². The lowest BCUT2D eigenvalue weighted by molar-refractivity contribution is -0.137. The fourth-order valence-electron chi connectivity index (χ4n) is 2.43. The van der Waals surface area contributed by atoms with Gasteiger partial charge in [-0.05, 0) is 13.0 Å². The van der Waals surface area contributed by atoms with Crippen LogP contribution in [0.2, 0.25) is 0 Å². The number of allylic oxidation sites excluding steroid dienone is 1. The molecule has 0 bridgehead atoms. The summed E-state index contributed by atoms with van der Waals surface area (Å²) >= 11 is 0. The van der Waals surface area contributed by atoms with Gasteiger partial charge in [0.2, 0.25) is 5.91 Å². The van der Waals surface area contributed by atoms with Gasteiger partial charge in [-0.3, -0.25) is 9.69 Å². The van der Waals surface area contributed by atoms with Gasteiger partial charge >= 0.3 is 12.0 Å². The van der Waals surface area contributed by atoms with Crippen LogP contribution in [-0.4, -0.2) is 29.9 Å². The van der Waals surface area contributed by atoms with Crippen molar-refractivity contribution in [2.75, 3.05) is 7.11 Å². The molecule has 0 radical (unpaired) electrons. The predicted octanol–water partition coefficient (Wildman–Crippen LogP) is 1.89. The molecule has 1 aliphatic heterocycles. The summed E-state index contributed by atoms with van der Waals surface area (Å²) in [4.78, 5) is 36.8. The van der Waals surface area contributed by atoms with Crippen LogP contribution in [-0.2, 0) is 14.3 Å². The van der Waals surface area contributed by atoms with Crippen LogP contribution in [0.3, 0.4) is 0 Å². The van der Waals surface area contributed by atoms with E-state index in [1.54, 1.807) is 6.07 Å². The van der Waals surface area contributed by atoms with Gasteiger partial charge in [-0.1, -0.05) is 18.2 Å². The van der Waals surface area contributed by atoms with Crippen molar-refractivity contribution in [2.24, 2.45) is 0 Å². The Morgan fingerprint density at radius 1 is 1.32 bits per heavy atom. The van der Waals surface area contributed by atoms with Crippen molar-refractivity contribution >= 4 is 17.9 Å². The van der Waals surface area contributed by atoms with E-state index in [2.05, 4.69) is 5.32 Å². The first kappa shape index (κ1) is 15.7. The Morgan fingerprint density at radius 2 is 1.95 bits per heavy atom. The van der Waals surface area contributed by atoms with E-state index in [9.17, 15) is 18.8 Å². The highest BCUT2D eigenvalue weighted by molar-refractivity contribution is 6.01. The van der Waals surface area contributed by atoms with Gasteiger partial charge in [0.15, 0.2) is 0 Å². The lowest BCUT2D eigenvalue weighted by Crippen LogP contribution is -2.50. The first-order chi connectivity index (χ1) is 10.4. The number of nitrogens with zero attached hydrogens (tertiary/aromatic N) is 1. The van der Waals surface area contributed by atoms with E-state index in [-0.39, 0.29) is 16.8 Å². The smallest absolute Gasteiger partial charge is 0.337 e. The Bertz CT molecular complexity index is 684. The number of benzene rings is 1. The van der Waals surface area contributed by atoms with Crippen LogP contribution in [0.15, 0.2) is 35.5 Å². The average Bonchev–Trinajstić information content (AvgIpc) is 2.45. The summed E-state index contributed by atoms with van der Waals surface area (Å²) in [6.45, 7) is 2.67. The molecule has 1 aliphatic rings. The van der Waals surface area contributed by atoms with Crippen molar-refractivity contribution in [3.63, 3.8) is 0 Å². The summed E-state index contributed by atoms with van der Waals surface area (Å²) in [6.07, 6.45) is 0. The van der Waals surface area contributed by atoms with Crippen LogP contribution < -0.4 is 5.32 Å². The minimum absolute atomic E-state index is 0.0161. The summed E-state index contributed by atoms with van der Waals surface area (Å²) in [6, 6.07) is 3.78. The van der Waals surface area contributed by atoms with E-state index in [0.717, 1.165) is 4.90 Å². The number of imide groups is 1. The molecular formula is C15H15FN2O4. The van der Waals surface area contributed by atoms with Crippen LogP contribution in [0, 0.1) is 5.82 Å². The number of urea groups is 1. The maximum atomic E-state index is 14.2. The first-order valence-corrected chi connectivity index (χ1v) is 6.52. The van der Waals surface area contributed by atoms with Crippen molar-refractivity contribution in [2.45, 2.75) is 19.9 Å². The van der Waals surface area contributed by atoms with Crippen molar-refractivity contribution in [3.8, 4) is 0 Å². The summed E-state index contributed by atoms with van der Waals surface area (Å²) in [5, 5.41) is 2.42. The molecule has 7 heteroatoms. The predicted molar refractivity (Wildman–Crippen MR) is 74.9 cm³/mol. The lowest BCUT2D eigenvalue weighted by atomic mass is 9.93. The number of methoxy groups -OCH3 is 1. The van der Waals surface area contributed by atoms with E-state index in [4.69, 9.17) is 4.74 Å². The zero-order valence-corrected chi connectivity index (χ0v) is 12.3. The number of hydrogen-bond acceptors (Lipinski definition) is 4. The summed E-state index contributed by atoms with van der Waals surface area (Å²) in [5.41, 5.74) is 0.289.